The van der Waals surface area contributed by atoms with Gasteiger partial charge in [0.1, 0.15) is 0 Å². The van der Waals surface area contributed by atoms with E-state index in [4.69, 9.17) is 0 Å². The fraction of sp³-hybridized carbons (Fsp3) is 0.200. The third-order valence-electron chi connectivity index (χ3n) is 3.02. The maximum Gasteiger partial charge on any atom is 0.0727 e. The average molecular weight is 240 g/mol. The lowest BCUT2D eigenvalue weighted by atomic mass is 10.1. The minimum atomic E-state index is -0.0242. The predicted octanol–water partition coefficient (Wildman–Crippen LogP) is 3.93. The molecule has 0 saturated heterocycles. The van der Waals surface area contributed by atoms with Crippen LogP contribution in [-0.2, 0) is 6.54 Å². The minimum Gasteiger partial charge on any atom is -0.249 e. The van der Waals surface area contributed by atoms with Crippen molar-refractivity contribution in [1.29, 1.82) is 0 Å². The second-order valence-electron chi connectivity index (χ2n) is 4.25. The predicted molar refractivity (Wildman–Crippen MR) is 72.6 cm³/mol. The summed E-state index contributed by atoms with van der Waals surface area (Å²) in [5, 5.41) is 4.70. The van der Waals surface area contributed by atoms with E-state index in [9.17, 15) is 4.91 Å². The maximum absolute atomic E-state index is 11.0. The van der Waals surface area contributed by atoms with Crippen molar-refractivity contribution in [3.8, 4) is 0 Å². The Bertz CT molecular complexity index is 484. The molecule has 0 aliphatic rings. The fourth-order valence-electron chi connectivity index (χ4n) is 1.91. The Morgan fingerprint density at radius 1 is 1.00 bits per heavy atom. The first-order chi connectivity index (χ1) is 8.81. The van der Waals surface area contributed by atoms with Gasteiger partial charge in [0.25, 0.3) is 0 Å². The van der Waals surface area contributed by atoms with Crippen LogP contribution in [-0.4, -0.2) is 5.01 Å². The number of hydrogen-bond acceptors (Lipinski definition) is 2. The van der Waals surface area contributed by atoms with Gasteiger partial charge in [-0.05, 0) is 18.1 Å². The van der Waals surface area contributed by atoms with Crippen LogP contribution in [0.2, 0.25) is 0 Å². The van der Waals surface area contributed by atoms with Crippen molar-refractivity contribution in [3.05, 3.63) is 76.7 Å². The quantitative estimate of drug-likeness (QED) is 0.586. The Morgan fingerprint density at radius 3 is 2.11 bits per heavy atom. The lowest BCUT2D eigenvalue weighted by Crippen LogP contribution is -2.20. The van der Waals surface area contributed by atoms with Gasteiger partial charge in [0.05, 0.1) is 17.9 Å². The van der Waals surface area contributed by atoms with Crippen molar-refractivity contribution in [1.82, 2.24) is 5.01 Å². The van der Waals surface area contributed by atoms with Crippen LogP contribution >= 0.6 is 0 Å². The zero-order valence-electron chi connectivity index (χ0n) is 10.4. The molecule has 3 heteroatoms. The van der Waals surface area contributed by atoms with Crippen LogP contribution in [0, 0.1) is 4.91 Å². The molecule has 0 N–H and O–H groups in total. The molecule has 18 heavy (non-hydrogen) atoms. The summed E-state index contributed by atoms with van der Waals surface area (Å²) < 4.78 is 0. The number of nitroso groups, excluding NO2 is 1. The first kappa shape index (κ1) is 12.3. The normalized spacial score (nSPS) is 11.8. The van der Waals surface area contributed by atoms with Gasteiger partial charge in [0.2, 0.25) is 0 Å². The average Bonchev–Trinajstić information content (AvgIpc) is 2.46. The summed E-state index contributed by atoms with van der Waals surface area (Å²) >= 11 is 0. The molecule has 2 aromatic rings. The van der Waals surface area contributed by atoms with Gasteiger partial charge >= 0.3 is 0 Å². The molecule has 0 amide bonds. The van der Waals surface area contributed by atoms with Crippen LogP contribution in [0.15, 0.2) is 65.9 Å². The van der Waals surface area contributed by atoms with E-state index in [1.807, 2.05) is 67.6 Å². The van der Waals surface area contributed by atoms with E-state index in [-0.39, 0.29) is 6.04 Å². The molecule has 0 spiro atoms. The van der Waals surface area contributed by atoms with E-state index < -0.39 is 0 Å². The first-order valence-electron chi connectivity index (χ1n) is 6.00. The molecule has 0 aliphatic heterocycles. The van der Waals surface area contributed by atoms with Gasteiger partial charge in [-0.25, -0.2) is 5.01 Å². The highest BCUT2D eigenvalue weighted by atomic mass is 16.3. The smallest absolute Gasteiger partial charge is 0.0727 e. The summed E-state index contributed by atoms with van der Waals surface area (Å²) in [6.45, 7) is 2.51. The van der Waals surface area contributed by atoms with Gasteiger partial charge < -0.3 is 0 Å². The van der Waals surface area contributed by atoms with E-state index in [0.29, 0.717) is 6.54 Å². The molecule has 0 aromatic heterocycles. The highest BCUT2D eigenvalue weighted by molar-refractivity contribution is 5.19. The number of rotatable bonds is 5. The van der Waals surface area contributed by atoms with E-state index in [1.54, 1.807) is 5.01 Å². The molecule has 1 atom stereocenters. The molecule has 0 radical (unpaired) electrons. The van der Waals surface area contributed by atoms with Crippen LogP contribution in [0.25, 0.3) is 0 Å². The van der Waals surface area contributed by atoms with Gasteiger partial charge in [-0.2, -0.15) is 0 Å². The Labute approximate surface area is 107 Å². The fourth-order valence-corrected chi connectivity index (χ4v) is 1.91. The minimum absolute atomic E-state index is 0.0242. The third kappa shape index (κ3) is 2.94. The molecule has 0 fully saturated rings. The number of benzene rings is 2. The molecular weight excluding hydrogens is 224 g/mol. The van der Waals surface area contributed by atoms with E-state index in [1.165, 1.54) is 0 Å². The SMILES string of the molecule is C[C@H](c1ccccc1)N(Cc1ccccc1)N=O. The Morgan fingerprint density at radius 2 is 1.56 bits per heavy atom. The van der Waals surface area contributed by atoms with E-state index in [2.05, 4.69) is 5.29 Å². The van der Waals surface area contributed by atoms with Gasteiger partial charge in [0, 0.05) is 0 Å². The molecule has 2 rings (SSSR count). The Kier molecular flexibility index (Phi) is 4.07. The van der Waals surface area contributed by atoms with Gasteiger partial charge in [-0.1, -0.05) is 60.7 Å². The standard InChI is InChI=1S/C15H16N2O/c1-13(15-10-6-3-7-11-15)17(16-18)12-14-8-4-2-5-9-14/h2-11,13H,12H2,1H3/t13-/m1/s1. The van der Waals surface area contributed by atoms with Gasteiger partial charge in [-0.15, -0.1) is 4.91 Å². The maximum atomic E-state index is 11.0. The molecular formula is C15H16N2O. The summed E-state index contributed by atoms with van der Waals surface area (Å²) in [5.74, 6) is 0. The molecule has 0 bridgehead atoms. The topological polar surface area (TPSA) is 32.7 Å². The molecule has 3 nitrogen and oxygen atoms in total. The monoisotopic (exact) mass is 240 g/mol. The first-order valence-corrected chi connectivity index (χ1v) is 6.00. The highest BCUT2D eigenvalue weighted by Crippen LogP contribution is 2.22. The zero-order valence-corrected chi connectivity index (χ0v) is 10.4. The molecule has 2 aromatic carbocycles. The van der Waals surface area contributed by atoms with Crippen molar-refractivity contribution in [2.75, 3.05) is 0 Å². The summed E-state index contributed by atoms with van der Waals surface area (Å²) in [7, 11) is 0. The van der Waals surface area contributed by atoms with Crippen LogP contribution < -0.4 is 0 Å². The van der Waals surface area contributed by atoms with Crippen molar-refractivity contribution in [2.45, 2.75) is 19.5 Å². The van der Waals surface area contributed by atoms with E-state index in [0.717, 1.165) is 11.1 Å². The zero-order chi connectivity index (χ0) is 12.8. The van der Waals surface area contributed by atoms with Crippen LogP contribution in [0.1, 0.15) is 24.1 Å². The van der Waals surface area contributed by atoms with E-state index >= 15 is 0 Å². The summed E-state index contributed by atoms with van der Waals surface area (Å²) in [6, 6.07) is 19.8. The van der Waals surface area contributed by atoms with Gasteiger partial charge in [-0.3, -0.25) is 0 Å². The highest BCUT2D eigenvalue weighted by Gasteiger charge is 2.15. The molecule has 0 unspecified atom stereocenters. The summed E-state index contributed by atoms with van der Waals surface area (Å²) in [6.07, 6.45) is 0. The van der Waals surface area contributed by atoms with Crippen molar-refractivity contribution in [3.63, 3.8) is 0 Å². The third-order valence-corrected chi connectivity index (χ3v) is 3.02. The van der Waals surface area contributed by atoms with Crippen molar-refractivity contribution in [2.24, 2.45) is 5.29 Å². The largest absolute Gasteiger partial charge is 0.249 e. The number of nitrogens with zero attached hydrogens (tertiary/aromatic N) is 2. The molecule has 92 valence electrons. The second-order valence-corrected chi connectivity index (χ2v) is 4.25. The Balaban J connectivity index is 2.12. The van der Waals surface area contributed by atoms with Crippen LogP contribution in [0.5, 0.6) is 0 Å². The molecule has 0 saturated carbocycles. The number of hydrogen-bond donors (Lipinski definition) is 0. The molecule has 0 aliphatic carbocycles. The summed E-state index contributed by atoms with van der Waals surface area (Å²) in [4.78, 5) is 11.0. The van der Waals surface area contributed by atoms with Crippen LogP contribution in [0.3, 0.4) is 0 Å². The van der Waals surface area contributed by atoms with Crippen LogP contribution in [0.4, 0.5) is 0 Å². The lowest BCUT2D eigenvalue weighted by Gasteiger charge is -2.23. The Hall–Kier alpha value is -2.16. The molecule has 0 heterocycles. The van der Waals surface area contributed by atoms with Crippen molar-refractivity contribution < 1.29 is 0 Å². The van der Waals surface area contributed by atoms with Gasteiger partial charge in [0.15, 0.2) is 0 Å². The summed E-state index contributed by atoms with van der Waals surface area (Å²) in [5.41, 5.74) is 2.17. The van der Waals surface area contributed by atoms with Crippen molar-refractivity contribution >= 4 is 0 Å². The lowest BCUT2D eigenvalue weighted by molar-refractivity contribution is 0.208. The second kappa shape index (κ2) is 5.96.